The topological polar surface area (TPSA) is 86.8 Å². The molecule has 0 aromatic heterocycles. The maximum absolute atomic E-state index is 13.7. The molecule has 0 unspecified atom stereocenters. The zero-order chi connectivity index (χ0) is 28.2. The average molecular weight is 644 g/mol. The summed E-state index contributed by atoms with van der Waals surface area (Å²) in [5.74, 6) is -0.960. The molecule has 1 saturated carbocycles. The molecular formula is C25H28Cl5N3O4S. The van der Waals surface area contributed by atoms with Gasteiger partial charge in [-0.25, -0.2) is 8.42 Å². The second-order valence-electron chi connectivity index (χ2n) is 9.28. The summed E-state index contributed by atoms with van der Waals surface area (Å²) in [5, 5.41) is 3.86. The molecule has 1 atom stereocenters. The molecule has 13 heteroatoms. The van der Waals surface area contributed by atoms with Crippen molar-refractivity contribution < 1.29 is 18.0 Å². The van der Waals surface area contributed by atoms with Crippen LogP contribution in [0.2, 0.25) is 25.1 Å². The van der Waals surface area contributed by atoms with E-state index in [9.17, 15) is 18.0 Å². The molecule has 0 radical (unpaired) electrons. The zero-order valence-corrected chi connectivity index (χ0v) is 25.4. The Kier molecular flexibility index (Phi) is 10.9. The number of hydrogen-bond donors (Lipinski definition) is 1. The molecule has 2 amide bonds. The highest BCUT2D eigenvalue weighted by Crippen LogP contribution is 2.36. The van der Waals surface area contributed by atoms with E-state index in [2.05, 4.69) is 5.32 Å². The quantitative estimate of drug-likeness (QED) is 0.313. The summed E-state index contributed by atoms with van der Waals surface area (Å²) in [6.45, 7) is 0.963. The molecule has 2 aromatic carbocycles. The Hall–Kier alpha value is -1.42. The summed E-state index contributed by atoms with van der Waals surface area (Å²) in [6, 6.07) is 6.57. The normalized spacial score (nSPS) is 15.1. The van der Waals surface area contributed by atoms with Gasteiger partial charge in [-0.2, -0.15) is 0 Å². The first kappa shape index (κ1) is 31.1. The molecule has 0 aliphatic heterocycles. The van der Waals surface area contributed by atoms with Gasteiger partial charge in [0.25, 0.3) is 0 Å². The van der Waals surface area contributed by atoms with Crippen LogP contribution in [0.25, 0.3) is 0 Å². The maximum atomic E-state index is 13.7. The molecule has 0 heterocycles. The number of rotatable bonds is 9. The number of hydrogen-bond acceptors (Lipinski definition) is 4. The SMILES string of the molecule is C[C@@H](C(=O)NC1CCCCC1)N(Cc1ccc(Cl)c(Cl)c1)C(=O)CN(c1cc(Cl)c(Cl)cc1Cl)S(C)(=O)=O. The molecule has 0 saturated heterocycles. The lowest BCUT2D eigenvalue weighted by molar-refractivity contribution is -0.139. The minimum absolute atomic E-state index is 0.00301. The minimum atomic E-state index is -3.99. The summed E-state index contributed by atoms with van der Waals surface area (Å²) in [5.41, 5.74) is 0.606. The number of carbonyl (C=O) groups is 2. The van der Waals surface area contributed by atoms with Gasteiger partial charge < -0.3 is 10.2 Å². The third-order valence-corrected chi connectivity index (χ3v) is 9.28. The van der Waals surface area contributed by atoms with Crippen molar-refractivity contribution in [3.05, 3.63) is 61.0 Å². The predicted molar refractivity (Wildman–Crippen MR) is 155 cm³/mol. The van der Waals surface area contributed by atoms with Crippen molar-refractivity contribution in [2.24, 2.45) is 0 Å². The Labute approximate surface area is 248 Å². The molecular weight excluding hydrogens is 616 g/mol. The van der Waals surface area contributed by atoms with Crippen LogP contribution in [0.5, 0.6) is 0 Å². The van der Waals surface area contributed by atoms with Crippen LogP contribution in [-0.2, 0) is 26.2 Å². The van der Waals surface area contributed by atoms with Crippen LogP contribution in [0.1, 0.15) is 44.6 Å². The molecule has 1 aliphatic rings. The molecule has 38 heavy (non-hydrogen) atoms. The Morgan fingerprint density at radius 3 is 2.13 bits per heavy atom. The monoisotopic (exact) mass is 641 g/mol. The van der Waals surface area contributed by atoms with E-state index >= 15 is 0 Å². The van der Waals surface area contributed by atoms with Gasteiger partial charge in [0.1, 0.15) is 12.6 Å². The summed E-state index contributed by atoms with van der Waals surface area (Å²) >= 11 is 30.6. The van der Waals surface area contributed by atoms with E-state index in [4.69, 9.17) is 58.0 Å². The van der Waals surface area contributed by atoms with Gasteiger partial charge in [0.2, 0.25) is 21.8 Å². The van der Waals surface area contributed by atoms with Gasteiger partial charge in [0, 0.05) is 12.6 Å². The smallest absolute Gasteiger partial charge is 0.244 e. The first-order valence-electron chi connectivity index (χ1n) is 11.9. The molecule has 0 spiro atoms. The Balaban J connectivity index is 1.94. The van der Waals surface area contributed by atoms with Crippen LogP contribution in [0.15, 0.2) is 30.3 Å². The molecule has 208 valence electrons. The fourth-order valence-electron chi connectivity index (χ4n) is 4.28. The highest BCUT2D eigenvalue weighted by Gasteiger charge is 2.32. The molecule has 7 nitrogen and oxygen atoms in total. The van der Waals surface area contributed by atoms with Crippen LogP contribution in [-0.4, -0.2) is 50.0 Å². The first-order valence-corrected chi connectivity index (χ1v) is 15.7. The molecule has 3 rings (SSSR count). The predicted octanol–water partition coefficient (Wildman–Crippen LogP) is 6.59. The Bertz CT molecular complexity index is 1300. The van der Waals surface area contributed by atoms with E-state index in [0.717, 1.165) is 42.7 Å². The van der Waals surface area contributed by atoms with Gasteiger partial charge in [0.15, 0.2) is 0 Å². The first-order chi connectivity index (χ1) is 17.8. The number of benzene rings is 2. The zero-order valence-electron chi connectivity index (χ0n) is 20.8. The van der Waals surface area contributed by atoms with Crippen molar-refractivity contribution in [2.75, 3.05) is 17.1 Å². The van der Waals surface area contributed by atoms with Crippen molar-refractivity contribution in [3.8, 4) is 0 Å². The van der Waals surface area contributed by atoms with Crippen molar-refractivity contribution in [3.63, 3.8) is 0 Å². The fourth-order valence-corrected chi connectivity index (χ4v) is 6.15. The third-order valence-electron chi connectivity index (χ3n) is 6.39. The number of halogens is 5. The largest absolute Gasteiger partial charge is 0.352 e. The van der Waals surface area contributed by atoms with Gasteiger partial charge in [-0.15, -0.1) is 0 Å². The Morgan fingerprint density at radius 2 is 1.53 bits per heavy atom. The fraction of sp³-hybridized carbons (Fsp3) is 0.440. The van der Waals surface area contributed by atoms with Crippen molar-refractivity contribution >= 4 is 85.5 Å². The highest BCUT2D eigenvalue weighted by molar-refractivity contribution is 7.92. The van der Waals surface area contributed by atoms with Crippen LogP contribution in [0.3, 0.4) is 0 Å². The van der Waals surface area contributed by atoms with E-state index < -0.39 is 28.5 Å². The number of sulfonamides is 1. The van der Waals surface area contributed by atoms with Gasteiger partial charge in [-0.3, -0.25) is 13.9 Å². The molecule has 2 aromatic rings. The van der Waals surface area contributed by atoms with E-state index in [-0.39, 0.29) is 44.3 Å². The molecule has 0 bridgehead atoms. The van der Waals surface area contributed by atoms with Crippen molar-refractivity contribution in [1.29, 1.82) is 0 Å². The van der Waals surface area contributed by atoms with Gasteiger partial charge in [0.05, 0.1) is 37.1 Å². The van der Waals surface area contributed by atoms with Crippen molar-refractivity contribution in [1.82, 2.24) is 10.2 Å². The number of nitrogens with one attached hydrogen (secondary N) is 1. The summed E-state index contributed by atoms with van der Waals surface area (Å²) in [4.78, 5) is 28.2. The van der Waals surface area contributed by atoms with E-state index in [1.807, 2.05) is 0 Å². The minimum Gasteiger partial charge on any atom is -0.352 e. The lowest BCUT2D eigenvalue weighted by Crippen LogP contribution is -2.53. The number of carbonyl (C=O) groups excluding carboxylic acids is 2. The second-order valence-corrected chi connectivity index (χ2v) is 13.2. The third kappa shape index (κ3) is 8.05. The van der Waals surface area contributed by atoms with Crippen LogP contribution in [0.4, 0.5) is 5.69 Å². The highest BCUT2D eigenvalue weighted by atomic mass is 35.5. The van der Waals surface area contributed by atoms with Gasteiger partial charge >= 0.3 is 0 Å². The van der Waals surface area contributed by atoms with Gasteiger partial charge in [-0.05, 0) is 49.6 Å². The molecule has 1 fully saturated rings. The summed E-state index contributed by atoms with van der Waals surface area (Å²) in [7, 11) is -3.99. The standard InChI is InChI=1S/C25H28Cl5N3O4S/c1-15(25(35)31-17-6-4-3-5-7-17)32(13-16-8-9-18(26)19(27)10-16)24(34)14-33(38(2,36)37)23-12-21(29)20(28)11-22(23)30/h8-12,15,17H,3-7,13-14H2,1-2H3,(H,31,35)/t15-/m0/s1. The summed E-state index contributed by atoms with van der Waals surface area (Å²) in [6.07, 6.45) is 5.87. The molecule has 1 N–H and O–H groups in total. The lowest BCUT2D eigenvalue weighted by atomic mass is 9.95. The molecule has 1 aliphatic carbocycles. The number of amides is 2. The second kappa shape index (κ2) is 13.3. The maximum Gasteiger partial charge on any atom is 0.244 e. The average Bonchev–Trinajstić information content (AvgIpc) is 2.85. The van der Waals surface area contributed by atoms with E-state index in [1.165, 1.54) is 17.0 Å². The lowest BCUT2D eigenvalue weighted by Gasteiger charge is -2.33. The number of nitrogens with zero attached hydrogens (tertiary/aromatic N) is 2. The van der Waals surface area contributed by atoms with E-state index in [1.54, 1.807) is 25.1 Å². The van der Waals surface area contributed by atoms with Gasteiger partial charge in [-0.1, -0.05) is 83.3 Å². The summed E-state index contributed by atoms with van der Waals surface area (Å²) < 4.78 is 26.3. The van der Waals surface area contributed by atoms with Crippen LogP contribution in [0, 0.1) is 0 Å². The van der Waals surface area contributed by atoms with Crippen LogP contribution >= 0.6 is 58.0 Å². The number of anilines is 1. The van der Waals surface area contributed by atoms with Crippen LogP contribution < -0.4 is 9.62 Å². The Morgan fingerprint density at radius 1 is 0.921 bits per heavy atom. The van der Waals surface area contributed by atoms with E-state index in [0.29, 0.717) is 10.6 Å². The van der Waals surface area contributed by atoms with Crippen molar-refractivity contribution in [2.45, 2.75) is 57.7 Å².